The van der Waals surface area contributed by atoms with E-state index in [0.717, 1.165) is 28.3 Å². The SMILES string of the molecule is Cc1cc(C)c(NC(=S)NC[C@@H]2COc3ccccc3O2)c(Cl)c1. The summed E-state index contributed by atoms with van der Waals surface area (Å²) in [5.41, 5.74) is 2.99. The van der Waals surface area contributed by atoms with Crippen LogP contribution in [-0.2, 0) is 0 Å². The van der Waals surface area contributed by atoms with Gasteiger partial charge in [-0.1, -0.05) is 29.8 Å². The number of fused-ring (bicyclic) bond motifs is 1. The lowest BCUT2D eigenvalue weighted by molar-refractivity contribution is 0.0939. The highest BCUT2D eigenvalue weighted by atomic mass is 35.5. The Morgan fingerprint density at radius 2 is 2.00 bits per heavy atom. The standard InChI is InChI=1S/C18H19ClN2O2S/c1-11-7-12(2)17(14(19)8-11)21-18(24)20-9-13-10-22-15-5-3-4-6-16(15)23-13/h3-8,13H,9-10H2,1-2H3,(H2,20,21,24)/t13-/m1/s1. The number of hydrogen-bond donors (Lipinski definition) is 2. The fourth-order valence-electron chi connectivity index (χ4n) is 2.60. The number of aryl methyl sites for hydroxylation is 2. The molecule has 0 aromatic heterocycles. The minimum atomic E-state index is -0.103. The van der Waals surface area contributed by atoms with Crippen LogP contribution in [0.3, 0.4) is 0 Å². The molecule has 1 aliphatic heterocycles. The summed E-state index contributed by atoms with van der Waals surface area (Å²) < 4.78 is 11.6. The molecule has 3 rings (SSSR count). The van der Waals surface area contributed by atoms with Crippen molar-refractivity contribution in [3.63, 3.8) is 0 Å². The number of hydrogen-bond acceptors (Lipinski definition) is 3. The molecule has 0 unspecified atom stereocenters. The Balaban J connectivity index is 1.55. The van der Waals surface area contributed by atoms with Gasteiger partial charge in [-0.25, -0.2) is 0 Å². The van der Waals surface area contributed by atoms with E-state index >= 15 is 0 Å². The van der Waals surface area contributed by atoms with Crippen molar-refractivity contribution in [2.75, 3.05) is 18.5 Å². The molecular weight excluding hydrogens is 344 g/mol. The number of rotatable bonds is 3. The molecule has 6 heteroatoms. The first-order valence-corrected chi connectivity index (χ1v) is 8.51. The summed E-state index contributed by atoms with van der Waals surface area (Å²) in [6.45, 7) is 5.04. The molecule has 2 aromatic carbocycles. The van der Waals surface area contributed by atoms with Crippen molar-refractivity contribution in [2.45, 2.75) is 20.0 Å². The third-order valence-corrected chi connectivity index (χ3v) is 4.27. The lowest BCUT2D eigenvalue weighted by atomic mass is 10.1. The molecule has 0 radical (unpaired) electrons. The minimum Gasteiger partial charge on any atom is -0.486 e. The molecule has 2 aromatic rings. The van der Waals surface area contributed by atoms with Gasteiger partial charge in [0.15, 0.2) is 16.6 Å². The Bertz CT molecular complexity index is 743. The quantitative estimate of drug-likeness (QED) is 0.805. The monoisotopic (exact) mass is 362 g/mol. The van der Waals surface area contributed by atoms with Crippen molar-refractivity contribution >= 4 is 34.6 Å². The van der Waals surface area contributed by atoms with E-state index in [1.165, 1.54) is 0 Å². The van der Waals surface area contributed by atoms with Crippen molar-refractivity contribution in [1.29, 1.82) is 0 Å². The maximum absolute atomic E-state index is 6.29. The maximum Gasteiger partial charge on any atom is 0.170 e. The Morgan fingerprint density at radius 1 is 1.25 bits per heavy atom. The van der Waals surface area contributed by atoms with Gasteiger partial charge in [0, 0.05) is 0 Å². The molecule has 0 spiro atoms. The first kappa shape index (κ1) is 16.9. The van der Waals surface area contributed by atoms with Gasteiger partial charge in [0.25, 0.3) is 0 Å². The predicted molar refractivity (Wildman–Crippen MR) is 102 cm³/mol. The summed E-state index contributed by atoms with van der Waals surface area (Å²) in [5.74, 6) is 1.53. The Kier molecular flexibility index (Phi) is 5.11. The largest absolute Gasteiger partial charge is 0.486 e. The fourth-order valence-corrected chi connectivity index (χ4v) is 3.16. The number of anilines is 1. The summed E-state index contributed by atoms with van der Waals surface area (Å²) in [6, 6.07) is 11.6. The molecule has 0 bridgehead atoms. The lowest BCUT2D eigenvalue weighted by Crippen LogP contribution is -2.42. The van der Waals surface area contributed by atoms with Gasteiger partial charge in [0.2, 0.25) is 0 Å². The molecule has 1 heterocycles. The number of benzene rings is 2. The molecule has 4 nitrogen and oxygen atoms in total. The Hall–Kier alpha value is -1.98. The molecule has 0 saturated heterocycles. The van der Waals surface area contributed by atoms with Gasteiger partial charge in [-0.2, -0.15) is 0 Å². The second-order valence-corrected chi connectivity index (χ2v) is 6.59. The molecule has 24 heavy (non-hydrogen) atoms. The molecule has 2 N–H and O–H groups in total. The van der Waals surface area contributed by atoms with Crippen LogP contribution in [0, 0.1) is 13.8 Å². The summed E-state index contributed by atoms with van der Waals surface area (Å²) in [6.07, 6.45) is -0.103. The van der Waals surface area contributed by atoms with E-state index in [-0.39, 0.29) is 6.10 Å². The highest BCUT2D eigenvalue weighted by molar-refractivity contribution is 7.80. The number of ether oxygens (including phenoxy) is 2. The molecular formula is C18H19ClN2O2S. The van der Waals surface area contributed by atoms with E-state index in [0.29, 0.717) is 23.3 Å². The van der Waals surface area contributed by atoms with Gasteiger partial charge in [-0.3, -0.25) is 0 Å². The van der Waals surface area contributed by atoms with E-state index in [1.54, 1.807) is 0 Å². The minimum absolute atomic E-state index is 0.103. The zero-order valence-corrected chi connectivity index (χ0v) is 15.1. The van der Waals surface area contributed by atoms with E-state index in [1.807, 2.05) is 44.2 Å². The van der Waals surface area contributed by atoms with E-state index in [2.05, 4.69) is 16.7 Å². The third-order valence-electron chi connectivity index (χ3n) is 3.73. The molecule has 0 saturated carbocycles. The summed E-state index contributed by atoms with van der Waals surface area (Å²) in [5, 5.41) is 7.48. The highest BCUT2D eigenvalue weighted by Gasteiger charge is 2.20. The number of nitrogens with one attached hydrogen (secondary N) is 2. The lowest BCUT2D eigenvalue weighted by Gasteiger charge is -2.27. The second kappa shape index (κ2) is 7.28. The van der Waals surface area contributed by atoms with Gasteiger partial charge in [0.1, 0.15) is 12.7 Å². The number of halogens is 1. The predicted octanol–water partition coefficient (Wildman–Crippen LogP) is 4.08. The molecule has 1 atom stereocenters. The van der Waals surface area contributed by atoms with Crippen molar-refractivity contribution < 1.29 is 9.47 Å². The van der Waals surface area contributed by atoms with Crippen LogP contribution < -0.4 is 20.1 Å². The zero-order chi connectivity index (χ0) is 17.1. The van der Waals surface area contributed by atoms with Crippen LogP contribution in [0.1, 0.15) is 11.1 Å². The number of thiocarbonyl (C=S) groups is 1. The van der Waals surface area contributed by atoms with Crippen LogP contribution in [0.15, 0.2) is 36.4 Å². The molecule has 0 aliphatic carbocycles. The van der Waals surface area contributed by atoms with Crippen LogP contribution in [-0.4, -0.2) is 24.4 Å². The number of para-hydroxylation sites is 2. The van der Waals surface area contributed by atoms with Crippen LogP contribution in [0.5, 0.6) is 11.5 Å². The molecule has 0 amide bonds. The van der Waals surface area contributed by atoms with Crippen LogP contribution in [0.2, 0.25) is 5.02 Å². The van der Waals surface area contributed by atoms with Gasteiger partial charge in [0.05, 0.1) is 17.3 Å². The zero-order valence-electron chi connectivity index (χ0n) is 13.6. The Labute approximate surface area is 152 Å². The van der Waals surface area contributed by atoms with E-state index in [4.69, 9.17) is 33.3 Å². The normalized spacial score (nSPS) is 15.7. The van der Waals surface area contributed by atoms with Crippen molar-refractivity contribution in [2.24, 2.45) is 0 Å². The van der Waals surface area contributed by atoms with Crippen LogP contribution >= 0.6 is 23.8 Å². The first-order chi connectivity index (χ1) is 11.5. The van der Waals surface area contributed by atoms with Crippen LogP contribution in [0.25, 0.3) is 0 Å². The van der Waals surface area contributed by atoms with Crippen molar-refractivity contribution in [3.8, 4) is 11.5 Å². The van der Waals surface area contributed by atoms with Crippen molar-refractivity contribution in [3.05, 3.63) is 52.5 Å². The summed E-state index contributed by atoms with van der Waals surface area (Å²) >= 11 is 11.6. The van der Waals surface area contributed by atoms with Gasteiger partial charge >= 0.3 is 0 Å². The second-order valence-electron chi connectivity index (χ2n) is 5.77. The topological polar surface area (TPSA) is 42.5 Å². The molecule has 1 aliphatic rings. The van der Waals surface area contributed by atoms with Crippen LogP contribution in [0.4, 0.5) is 5.69 Å². The van der Waals surface area contributed by atoms with Gasteiger partial charge in [-0.15, -0.1) is 0 Å². The Morgan fingerprint density at radius 3 is 2.75 bits per heavy atom. The van der Waals surface area contributed by atoms with Crippen molar-refractivity contribution in [1.82, 2.24) is 5.32 Å². The third kappa shape index (κ3) is 3.91. The first-order valence-electron chi connectivity index (χ1n) is 7.73. The maximum atomic E-state index is 6.29. The fraction of sp³-hybridized carbons (Fsp3) is 0.278. The van der Waals surface area contributed by atoms with Gasteiger partial charge in [-0.05, 0) is 55.4 Å². The highest BCUT2D eigenvalue weighted by Crippen LogP contribution is 2.30. The summed E-state index contributed by atoms with van der Waals surface area (Å²) in [4.78, 5) is 0. The van der Waals surface area contributed by atoms with E-state index < -0.39 is 0 Å². The van der Waals surface area contributed by atoms with Gasteiger partial charge < -0.3 is 20.1 Å². The summed E-state index contributed by atoms with van der Waals surface area (Å²) in [7, 11) is 0. The molecule has 126 valence electrons. The van der Waals surface area contributed by atoms with E-state index in [9.17, 15) is 0 Å². The average molecular weight is 363 g/mol. The molecule has 0 fully saturated rings. The average Bonchev–Trinajstić information content (AvgIpc) is 2.56. The smallest absolute Gasteiger partial charge is 0.170 e.